The Morgan fingerprint density at radius 1 is 1.31 bits per heavy atom. The van der Waals surface area contributed by atoms with E-state index in [9.17, 15) is 0 Å². The van der Waals surface area contributed by atoms with E-state index in [2.05, 4.69) is 5.32 Å². The maximum absolute atomic E-state index is 5.54. The number of likely N-dealkylation sites (N-methyl/N-ethyl adjacent to an activating group) is 1. The summed E-state index contributed by atoms with van der Waals surface area (Å²) in [5.74, 6) is 1.62. The maximum Gasteiger partial charge on any atom is 0.161 e. The van der Waals surface area contributed by atoms with Gasteiger partial charge in [0.05, 0.1) is 6.10 Å². The lowest BCUT2D eigenvalue weighted by molar-refractivity contribution is 0.103. The lowest BCUT2D eigenvalue weighted by atomic mass is 10.1. The first-order valence-corrected chi connectivity index (χ1v) is 5.42. The maximum atomic E-state index is 5.54. The molecule has 4 heteroatoms. The van der Waals surface area contributed by atoms with Crippen LogP contribution in [0.5, 0.6) is 11.5 Å². The van der Waals surface area contributed by atoms with Crippen molar-refractivity contribution in [1.29, 1.82) is 0 Å². The van der Waals surface area contributed by atoms with Gasteiger partial charge in [-0.25, -0.2) is 0 Å². The molecule has 0 unspecified atom stereocenters. The summed E-state index contributed by atoms with van der Waals surface area (Å²) >= 11 is 0. The summed E-state index contributed by atoms with van der Waals surface area (Å²) < 4.78 is 16.4. The average Bonchev–Trinajstić information content (AvgIpc) is 2.35. The number of rotatable bonds is 4. The minimum absolute atomic E-state index is 0.0424. The van der Waals surface area contributed by atoms with Crippen molar-refractivity contribution in [3.8, 4) is 11.5 Å². The summed E-state index contributed by atoms with van der Waals surface area (Å²) in [6.07, 6.45) is 0.0424. The Balaban J connectivity index is 2.21. The summed E-state index contributed by atoms with van der Waals surface area (Å²) in [6, 6.07) is 5.94. The molecule has 1 N–H and O–H groups in total. The quantitative estimate of drug-likeness (QED) is 0.836. The molecule has 0 fully saturated rings. The standard InChI is InChI=1S/C12H17NO3/c1-13-8-12(14-2)9-3-4-10-11(7-9)16-6-5-15-10/h3-4,7,12-13H,5-6,8H2,1-2H3/t12-/m1/s1. The summed E-state index contributed by atoms with van der Waals surface area (Å²) in [5.41, 5.74) is 1.10. The minimum atomic E-state index is 0.0424. The number of benzene rings is 1. The lowest BCUT2D eigenvalue weighted by Gasteiger charge is -2.21. The molecule has 1 heterocycles. The van der Waals surface area contributed by atoms with Crippen LogP contribution in [0.15, 0.2) is 18.2 Å². The number of fused-ring (bicyclic) bond motifs is 1. The monoisotopic (exact) mass is 223 g/mol. The SMILES string of the molecule is CNC[C@@H](OC)c1ccc2c(c1)OCCO2. The van der Waals surface area contributed by atoms with Crippen LogP contribution in [-0.4, -0.2) is 33.9 Å². The molecule has 0 aromatic heterocycles. The molecule has 4 nitrogen and oxygen atoms in total. The normalized spacial score (nSPS) is 15.9. The van der Waals surface area contributed by atoms with Crippen LogP contribution in [0, 0.1) is 0 Å². The molecule has 88 valence electrons. The van der Waals surface area contributed by atoms with Crippen molar-refractivity contribution in [2.45, 2.75) is 6.10 Å². The number of hydrogen-bond donors (Lipinski definition) is 1. The summed E-state index contributed by atoms with van der Waals surface area (Å²) in [6.45, 7) is 2.01. The molecule has 1 aliphatic rings. The van der Waals surface area contributed by atoms with Crippen LogP contribution >= 0.6 is 0 Å². The molecule has 0 saturated carbocycles. The van der Waals surface area contributed by atoms with Gasteiger partial charge in [0.2, 0.25) is 0 Å². The van der Waals surface area contributed by atoms with Gasteiger partial charge >= 0.3 is 0 Å². The van der Waals surface area contributed by atoms with E-state index in [0.717, 1.165) is 23.6 Å². The van der Waals surface area contributed by atoms with Crippen molar-refractivity contribution in [3.05, 3.63) is 23.8 Å². The van der Waals surface area contributed by atoms with Gasteiger partial charge in [-0.1, -0.05) is 6.07 Å². The van der Waals surface area contributed by atoms with E-state index in [1.807, 2.05) is 25.2 Å². The van der Waals surface area contributed by atoms with Crippen molar-refractivity contribution in [2.24, 2.45) is 0 Å². The van der Waals surface area contributed by atoms with Crippen molar-refractivity contribution in [2.75, 3.05) is 33.9 Å². The van der Waals surface area contributed by atoms with Crippen molar-refractivity contribution in [1.82, 2.24) is 5.32 Å². The third kappa shape index (κ3) is 2.28. The Kier molecular flexibility index (Phi) is 3.64. The van der Waals surface area contributed by atoms with Crippen LogP contribution < -0.4 is 14.8 Å². The zero-order valence-electron chi connectivity index (χ0n) is 9.66. The van der Waals surface area contributed by atoms with Gasteiger partial charge in [-0.05, 0) is 24.7 Å². The summed E-state index contributed by atoms with van der Waals surface area (Å²) in [7, 11) is 3.61. The Hall–Kier alpha value is -1.26. The first-order valence-electron chi connectivity index (χ1n) is 5.42. The van der Waals surface area contributed by atoms with Gasteiger partial charge in [0, 0.05) is 13.7 Å². The highest BCUT2D eigenvalue weighted by Gasteiger charge is 2.15. The molecule has 0 amide bonds. The van der Waals surface area contributed by atoms with E-state index in [1.165, 1.54) is 0 Å². The summed E-state index contributed by atoms with van der Waals surface area (Å²) in [4.78, 5) is 0. The van der Waals surface area contributed by atoms with Crippen LogP contribution in [0.1, 0.15) is 11.7 Å². The van der Waals surface area contributed by atoms with E-state index in [0.29, 0.717) is 13.2 Å². The van der Waals surface area contributed by atoms with Gasteiger partial charge in [-0.3, -0.25) is 0 Å². The van der Waals surface area contributed by atoms with Crippen molar-refractivity contribution in [3.63, 3.8) is 0 Å². The number of hydrogen-bond acceptors (Lipinski definition) is 4. The second-order valence-electron chi connectivity index (χ2n) is 3.69. The molecule has 0 aliphatic carbocycles. The number of methoxy groups -OCH3 is 1. The molecular weight excluding hydrogens is 206 g/mol. The number of ether oxygens (including phenoxy) is 3. The van der Waals surface area contributed by atoms with Crippen LogP contribution in [0.4, 0.5) is 0 Å². The average molecular weight is 223 g/mol. The Labute approximate surface area is 95.5 Å². The highest BCUT2D eigenvalue weighted by molar-refractivity contribution is 5.44. The van der Waals surface area contributed by atoms with Crippen LogP contribution in [0.25, 0.3) is 0 Å². The van der Waals surface area contributed by atoms with Crippen molar-refractivity contribution < 1.29 is 14.2 Å². The largest absolute Gasteiger partial charge is 0.486 e. The van der Waals surface area contributed by atoms with Gasteiger partial charge in [-0.15, -0.1) is 0 Å². The van der Waals surface area contributed by atoms with Crippen molar-refractivity contribution >= 4 is 0 Å². The van der Waals surface area contributed by atoms with Gasteiger partial charge < -0.3 is 19.5 Å². The van der Waals surface area contributed by atoms with Gasteiger partial charge in [0.25, 0.3) is 0 Å². The third-order valence-electron chi connectivity index (χ3n) is 2.61. The Bertz CT molecular complexity index is 354. The predicted octanol–water partition coefficient (Wildman–Crippen LogP) is 1.36. The molecule has 1 aliphatic heterocycles. The summed E-state index contributed by atoms with van der Waals surface area (Å²) in [5, 5.41) is 3.10. The lowest BCUT2D eigenvalue weighted by Crippen LogP contribution is -2.19. The van der Waals surface area contributed by atoms with E-state index in [4.69, 9.17) is 14.2 Å². The molecule has 1 atom stereocenters. The predicted molar refractivity (Wildman–Crippen MR) is 61.1 cm³/mol. The van der Waals surface area contributed by atoms with Crippen LogP contribution in [0.3, 0.4) is 0 Å². The smallest absolute Gasteiger partial charge is 0.161 e. The highest BCUT2D eigenvalue weighted by atomic mass is 16.6. The fraction of sp³-hybridized carbons (Fsp3) is 0.500. The molecule has 0 saturated heterocycles. The Morgan fingerprint density at radius 3 is 2.75 bits per heavy atom. The van der Waals surface area contributed by atoms with E-state index in [1.54, 1.807) is 7.11 Å². The van der Waals surface area contributed by atoms with E-state index in [-0.39, 0.29) is 6.10 Å². The van der Waals surface area contributed by atoms with Crippen LogP contribution in [0.2, 0.25) is 0 Å². The zero-order chi connectivity index (χ0) is 11.4. The molecule has 2 rings (SSSR count). The Morgan fingerprint density at radius 2 is 2.06 bits per heavy atom. The third-order valence-corrected chi connectivity index (χ3v) is 2.61. The molecular formula is C12H17NO3. The van der Waals surface area contributed by atoms with Gasteiger partial charge in [0.1, 0.15) is 13.2 Å². The second kappa shape index (κ2) is 5.18. The van der Waals surface area contributed by atoms with E-state index < -0.39 is 0 Å². The molecule has 16 heavy (non-hydrogen) atoms. The zero-order valence-corrected chi connectivity index (χ0v) is 9.66. The van der Waals surface area contributed by atoms with E-state index >= 15 is 0 Å². The topological polar surface area (TPSA) is 39.7 Å². The molecule has 0 spiro atoms. The molecule has 0 bridgehead atoms. The molecule has 0 radical (unpaired) electrons. The van der Waals surface area contributed by atoms with Crippen LogP contribution in [-0.2, 0) is 4.74 Å². The first kappa shape index (κ1) is 11.2. The second-order valence-corrected chi connectivity index (χ2v) is 3.69. The fourth-order valence-corrected chi connectivity index (χ4v) is 1.78. The molecule has 1 aromatic rings. The van der Waals surface area contributed by atoms with Gasteiger partial charge in [0.15, 0.2) is 11.5 Å². The first-order chi connectivity index (χ1) is 7.85. The highest BCUT2D eigenvalue weighted by Crippen LogP contribution is 2.33. The fourth-order valence-electron chi connectivity index (χ4n) is 1.78. The van der Waals surface area contributed by atoms with Gasteiger partial charge in [-0.2, -0.15) is 0 Å². The molecule has 1 aromatic carbocycles. The minimum Gasteiger partial charge on any atom is -0.486 e. The number of nitrogens with one attached hydrogen (secondary N) is 1.